The summed E-state index contributed by atoms with van der Waals surface area (Å²) < 4.78 is 41.8. The van der Waals surface area contributed by atoms with Crippen molar-refractivity contribution in [2.24, 2.45) is 0 Å². The first-order chi connectivity index (χ1) is 11.2. The predicted octanol–water partition coefficient (Wildman–Crippen LogP) is 2.79. The van der Waals surface area contributed by atoms with E-state index in [2.05, 4.69) is 5.16 Å². The van der Waals surface area contributed by atoms with Crippen LogP contribution in [0.2, 0.25) is 0 Å². The molecule has 1 aromatic carbocycles. The number of carboxylic acid groups (broad SMARTS) is 1. The number of benzene rings is 1. The molecule has 0 spiro atoms. The van der Waals surface area contributed by atoms with E-state index in [1.165, 1.54) is 6.07 Å². The minimum Gasteiger partial charge on any atom is -0.480 e. The van der Waals surface area contributed by atoms with Crippen LogP contribution in [0.25, 0.3) is 11.3 Å². The van der Waals surface area contributed by atoms with Crippen LogP contribution in [0, 0.1) is 6.92 Å². The highest BCUT2D eigenvalue weighted by Gasteiger charge is 2.36. The summed E-state index contributed by atoms with van der Waals surface area (Å²) in [5.74, 6) is -3.25. The van der Waals surface area contributed by atoms with Gasteiger partial charge in [-0.1, -0.05) is 35.0 Å². The number of halogens is 3. The van der Waals surface area contributed by atoms with Gasteiger partial charge in [0.15, 0.2) is 0 Å². The minimum absolute atomic E-state index is 0.308. The molecule has 1 atom stereocenters. The van der Waals surface area contributed by atoms with E-state index >= 15 is 0 Å². The van der Waals surface area contributed by atoms with Gasteiger partial charge in [0.25, 0.3) is 5.91 Å². The number of carbonyl (C=O) groups excluding carboxylic acids is 1. The Bertz CT molecular complexity index is 738. The molecule has 24 heavy (non-hydrogen) atoms. The Labute approximate surface area is 134 Å². The van der Waals surface area contributed by atoms with Gasteiger partial charge >= 0.3 is 12.1 Å². The standard InChI is InChI=1S/C15H13F3N2O4/c1-8-2-4-9(5-3-8)10-6-12(24-20-10)13(21)19-11(14(22)23)7-15(16,17)18/h2-6,11H,7H2,1H3,(H,19,21)(H,22,23). The van der Waals surface area contributed by atoms with Crippen LogP contribution in [0.4, 0.5) is 13.2 Å². The average Bonchev–Trinajstić information content (AvgIpc) is 2.95. The molecule has 128 valence electrons. The number of amides is 1. The molecule has 0 saturated carbocycles. The average molecular weight is 342 g/mol. The van der Waals surface area contributed by atoms with Gasteiger partial charge in [0, 0.05) is 11.6 Å². The Morgan fingerprint density at radius 3 is 2.46 bits per heavy atom. The summed E-state index contributed by atoms with van der Waals surface area (Å²) in [4.78, 5) is 22.7. The highest BCUT2D eigenvalue weighted by Crippen LogP contribution is 2.23. The summed E-state index contributed by atoms with van der Waals surface area (Å²) in [6.07, 6.45) is -6.42. The molecule has 0 fully saturated rings. The maximum Gasteiger partial charge on any atom is 0.391 e. The molecule has 1 unspecified atom stereocenters. The number of aliphatic carboxylic acids is 1. The Kier molecular flexibility index (Phi) is 4.91. The lowest BCUT2D eigenvalue weighted by Crippen LogP contribution is -2.43. The maximum absolute atomic E-state index is 12.3. The van der Waals surface area contributed by atoms with Crippen molar-refractivity contribution in [1.29, 1.82) is 0 Å². The fourth-order valence-corrected chi connectivity index (χ4v) is 1.90. The summed E-state index contributed by atoms with van der Waals surface area (Å²) in [5.41, 5.74) is 1.97. The van der Waals surface area contributed by atoms with E-state index in [-0.39, 0.29) is 5.76 Å². The molecule has 0 bridgehead atoms. The van der Waals surface area contributed by atoms with Gasteiger partial charge in [0.2, 0.25) is 5.76 Å². The molecule has 1 amide bonds. The summed E-state index contributed by atoms with van der Waals surface area (Å²) >= 11 is 0. The number of aromatic nitrogens is 1. The second kappa shape index (κ2) is 6.73. The normalized spacial score (nSPS) is 12.7. The van der Waals surface area contributed by atoms with E-state index < -0.39 is 30.5 Å². The van der Waals surface area contributed by atoms with E-state index in [1.54, 1.807) is 17.4 Å². The largest absolute Gasteiger partial charge is 0.480 e. The van der Waals surface area contributed by atoms with Crippen molar-refractivity contribution in [1.82, 2.24) is 10.5 Å². The van der Waals surface area contributed by atoms with E-state index in [1.807, 2.05) is 19.1 Å². The molecule has 0 aliphatic carbocycles. The number of nitrogens with one attached hydrogen (secondary N) is 1. The molecule has 0 aliphatic heterocycles. The van der Waals surface area contributed by atoms with Crippen LogP contribution in [0.5, 0.6) is 0 Å². The van der Waals surface area contributed by atoms with E-state index in [4.69, 9.17) is 9.63 Å². The minimum atomic E-state index is -4.73. The smallest absolute Gasteiger partial charge is 0.391 e. The van der Waals surface area contributed by atoms with Crippen molar-refractivity contribution in [2.75, 3.05) is 0 Å². The Balaban J connectivity index is 2.12. The zero-order chi connectivity index (χ0) is 17.9. The number of alkyl halides is 3. The summed E-state index contributed by atoms with van der Waals surface area (Å²) in [5, 5.41) is 14.2. The van der Waals surface area contributed by atoms with Gasteiger partial charge in [-0.2, -0.15) is 13.2 Å². The van der Waals surface area contributed by atoms with Crippen LogP contribution in [-0.2, 0) is 4.79 Å². The Hall–Kier alpha value is -2.84. The topological polar surface area (TPSA) is 92.4 Å². The van der Waals surface area contributed by atoms with Crippen molar-refractivity contribution in [3.63, 3.8) is 0 Å². The predicted molar refractivity (Wildman–Crippen MR) is 76.2 cm³/mol. The van der Waals surface area contributed by atoms with E-state index in [0.717, 1.165) is 5.56 Å². The molecule has 0 saturated heterocycles. The van der Waals surface area contributed by atoms with Crippen LogP contribution in [0.15, 0.2) is 34.9 Å². The molecule has 2 rings (SSSR count). The first kappa shape index (κ1) is 17.5. The zero-order valence-corrected chi connectivity index (χ0v) is 12.4. The van der Waals surface area contributed by atoms with Gasteiger partial charge < -0.3 is 14.9 Å². The van der Waals surface area contributed by atoms with Gasteiger partial charge in [-0.25, -0.2) is 4.79 Å². The summed E-state index contributed by atoms with van der Waals surface area (Å²) in [6.45, 7) is 1.89. The molecule has 6 nitrogen and oxygen atoms in total. The van der Waals surface area contributed by atoms with Crippen LogP contribution < -0.4 is 5.32 Å². The monoisotopic (exact) mass is 342 g/mol. The van der Waals surface area contributed by atoms with Gasteiger partial charge in [0.05, 0.1) is 6.42 Å². The molecule has 2 aromatic rings. The lowest BCUT2D eigenvalue weighted by atomic mass is 10.1. The second-order valence-electron chi connectivity index (χ2n) is 5.13. The fraction of sp³-hybridized carbons (Fsp3) is 0.267. The summed E-state index contributed by atoms with van der Waals surface area (Å²) in [7, 11) is 0. The number of hydrogen-bond donors (Lipinski definition) is 2. The van der Waals surface area contributed by atoms with Gasteiger partial charge in [-0.3, -0.25) is 4.79 Å². The Morgan fingerprint density at radius 1 is 1.29 bits per heavy atom. The van der Waals surface area contributed by atoms with Gasteiger partial charge in [-0.15, -0.1) is 0 Å². The van der Waals surface area contributed by atoms with Crippen LogP contribution >= 0.6 is 0 Å². The maximum atomic E-state index is 12.3. The highest BCUT2D eigenvalue weighted by molar-refractivity contribution is 5.95. The first-order valence-corrected chi connectivity index (χ1v) is 6.80. The lowest BCUT2D eigenvalue weighted by molar-refractivity contribution is -0.157. The molecule has 2 N–H and O–H groups in total. The van der Waals surface area contributed by atoms with Crippen molar-refractivity contribution in [3.8, 4) is 11.3 Å². The number of carbonyl (C=O) groups is 2. The Morgan fingerprint density at radius 2 is 1.92 bits per heavy atom. The zero-order valence-electron chi connectivity index (χ0n) is 12.4. The van der Waals surface area contributed by atoms with Crippen molar-refractivity contribution in [3.05, 3.63) is 41.7 Å². The second-order valence-corrected chi connectivity index (χ2v) is 5.13. The molecule has 1 heterocycles. The van der Waals surface area contributed by atoms with Crippen LogP contribution in [0.1, 0.15) is 22.5 Å². The highest BCUT2D eigenvalue weighted by atomic mass is 19.4. The quantitative estimate of drug-likeness (QED) is 0.872. The number of carboxylic acids is 1. The van der Waals surface area contributed by atoms with Crippen LogP contribution in [-0.4, -0.2) is 34.4 Å². The van der Waals surface area contributed by atoms with Crippen molar-refractivity contribution in [2.45, 2.75) is 25.6 Å². The van der Waals surface area contributed by atoms with Crippen molar-refractivity contribution >= 4 is 11.9 Å². The van der Waals surface area contributed by atoms with Gasteiger partial charge in [0.1, 0.15) is 11.7 Å². The fourth-order valence-electron chi connectivity index (χ4n) is 1.90. The third-order valence-electron chi connectivity index (χ3n) is 3.12. The number of nitrogens with zero attached hydrogens (tertiary/aromatic N) is 1. The lowest BCUT2D eigenvalue weighted by Gasteiger charge is -2.15. The number of aryl methyl sites for hydroxylation is 1. The molecule has 0 aliphatic rings. The first-order valence-electron chi connectivity index (χ1n) is 6.80. The number of rotatable bonds is 5. The summed E-state index contributed by atoms with van der Waals surface area (Å²) in [6, 6.07) is 6.22. The van der Waals surface area contributed by atoms with Crippen LogP contribution in [0.3, 0.4) is 0 Å². The third-order valence-corrected chi connectivity index (χ3v) is 3.12. The SMILES string of the molecule is Cc1ccc(-c2cc(C(=O)NC(CC(F)(F)F)C(=O)O)on2)cc1. The molecular weight excluding hydrogens is 329 g/mol. The molecular formula is C15H13F3N2O4. The van der Waals surface area contributed by atoms with Gasteiger partial charge in [-0.05, 0) is 6.92 Å². The number of hydrogen-bond acceptors (Lipinski definition) is 4. The molecule has 9 heteroatoms. The third kappa shape index (κ3) is 4.58. The van der Waals surface area contributed by atoms with E-state index in [9.17, 15) is 22.8 Å². The van der Waals surface area contributed by atoms with E-state index in [0.29, 0.717) is 11.3 Å². The molecule has 0 radical (unpaired) electrons. The molecule has 1 aromatic heterocycles. The van der Waals surface area contributed by atoms with Crippen molar-refractivity contribution < 1.29 is 32.4 Å².